The van der Waals surface area contributed by atoms with E-state index in [2.05, 4.69) is 29.6 Å². The lowest BCUT2D eigenvalue weighted by molar-refractivity contribution is 0.0948. The molecule has 1 rings (SSSR count). The van der Waals surface area contributed by atoms with Crippen LogP contribution in [-0.4, -0.2) is 34.8 Å². The molecule has 5 nitrogen and oxygen atoms in total. The van der Waals surface area contributed by atoms with Crippen LogP contribution < -0.4 is 10.6 Å². The fraction of sp³-hybridized carbons (Fsp3) is 0.600. The van der Waals surface area contributed by atoms with Crippen molar-refractivity contribution in [3.05, 3.63) is 18.0 Å². The van der Waals surface area contributed by atoms with Gasteiger partial charge in [0.15, 0.2) is 0 Å². The lowest BCUT2D eigenvalue weighted by Gasteiger charge is -2.07. The van der Waals surface area contributed by atoms with Gasteiger partial charge in [-0.15, -0.1) is 0 Å². The molecule has 0 aromatic carbocycles. The van der Waals surface area contributed by atoms with E-state index in [9.17, 15) is 4.79 Å². The second-order valence-electron chi connectivity index (χ2n) is 3.74. The topological polar surface area (TPSA) is 58.9 Å². The van der Waals surface area contributed by atoms with E-state index in [1.54, 1.807) is 24.0 Å². The van der Waals surface area contributed by atoms with Crippen LogP contribution in [0.4, 0.5) is 0 Å². The van der Waals surface area contributed by atoms with Gasteiger partial charge in [0.25, 0.3) is 5.91 Å². The van der Waals surface area contributed by atoms with Gasteiger partial charge in [0.05, 0.1) is 0 Å². The normalized spacial score (nSPS) is 10.7. The molecule has 0 unspecified atom stereocenters. The Kier molecular flexibility index (Phi) is 4.30. The first kappa shape index (κ1) is 11.7. The summed E-state index contributed by atoms with van der Waals surface area (Å²) in [5.74, 6) is -0.124. The van der Waals surface area contributed by atoms with Gasteiger partial charge in [-0.3, -0.25) is 9.48 Å². The standard InChI is InChI=1S/C10H18N4O/c1-8(2)11-5-6-12-10(15)9-4-7-14(3)13-9/h4,7-8,11H,5-6H2,1-3H3,(H,12,15). The predicted molar refractivity (Wildman–Crippen MR) is 58.7 cm³/mol. The van der Waals surface area contributed by atoms with Gasteiger partial charge in [0.1, 0.15) is 5.69 Å². The van der Waals surface area contributed by atoms with Crippen molar-refractivity contribution in [3.8, 4) is 0 Å². The molecule has 0 saturated carbocycles. The zero-order valence-corrected chi connectivity index (χ0v) is 9.45. The first-order chi connectivity index (χ1) is 7.09. The quantitative estimate of drug-likeness (QED) is 0.680. The second kappa shape index (κ2) is 5.50. The molecular weight excluding hydrogens is 192 g/mol. The van der Waals surface area contributed by atoms with Crippen LogP contribution in [0, 0.1) is 0 Å². The van der Waals surface area contributed by atoms with Crippen LogP contribution in [0.3, 0.4) is 0 Å². The van der Waals surface area contributed by atoms with E-state index in [1.807, 2.05) is 0 Å². The van der Waals surface area contributed by atoms with Crippen LogP contribution in [0.5, 0.6) is 0 Å². The zero-order chi connectivity index (χ0) is 11.3. The summed E-state index contributed by atoms with van der Waals surface area (Å²) >= 11 is 0. The summed E-state index contributed by atoms with van der Waals surface area (Å²) in [4.78, 5) is 11.5. The van der Waals surface area contributed by atoms with Gasteiger partial charge in [-0.1, -0.05) is 13.8 Å². The molecule has 1 amide bonds. The molecule has 0 aliphatic carbocycles. The highest BCUT2D eigenvalue weighted by Gasteiger charge is 2.06. The fourth-order valence-electron chi connectivity index (χ4n) is 1.16. The number of rotatable bonds is 5. The Labute approximate surface area is 89.9 Å². The van der Waals surface area contributed by atoms with Crippen molar-refractivity contribution in [3.63, 3.8) is 0 Å². The smallest absolute Gasteiger partial charge is 0.271 e. The fourth-order valence-corrected chi connectivity index (χ4v) is 1.16. The summed E-state index contributed by atoms with van der Waals surface area (Å²) in [5.41, 5.74) is 0.460. The molecule has 1 aromatic rings. The van der Waals surface area contributed by atoms with Crippen molar-refractivity contribution >= 4 is 5.91 Å². The van der Waals surface area contributed by atoms with Crippen molar-refractivity contribution in [2.45, 2.75) is 19.9 Å². The number of hydrogen-bond donors (Lipinski definition) is 2. The summed E-state index contributed by atoms with van der Waals surface area (Å²) in [5, 5.41) is 10.0. The van der Waals surface area contributed by atoms with Gasteiger partial charge >= 0.3 is 0 Å². The van der Waals surface area contributed by atoms with Gasteiger partial charge in [0.2, 0.25) is 0 Å². The average molecular weight is 210 g/mol. The molecule has 2 N–H and O–H groups in total. The lowest BCUT2D eigenvalue weighted by Crippen LogP contribution is -2.34. The van der Waals surface area contributed by atoms with E-state index < -0.39 is 0 Å². The number of amides is 1. The van der Waals surface area contributed by atoms with Crippen LogP contribution in [0.15, 0.2) is 12.3 Å². The Morgan fingerprint density at radius 1 is 1.53 bits per heavy atom. The summed E-state index contributed by atoms with van der Waals surface area (Å²) in [6.07, 6.45) is 1.75. The van der Waals surface area contributed by atoms with Crippen molar-refractivity contribution in [2.24, 2.45) is 7.05 Å². The van der Waals surface area contributed by atoms with Crippen molar-refractivity contribution in [1.82, 2.24) is 20.4 Å². The van der Waals surface area contributed by atoms with Gasteiger partial charge < -0.3 is 10.6 Å². The third-order valence-corrected chi connectivity index (χ3v) is 1.91. The van der Waals surface area contributed by atoms with E-state index in [-0.39, 0.29) is 5.91 Å². The Morgan fingerprint density at radius 3 is 2.80 bits per heavy atom. The Hall–Kier alpha value is -1.36. The summed E-state index contributed by atoms with van der Waals surface area (Å²) in [6, 6.07) is 2.14. The molecule has 1 aromatic heterocycles. The molecule has 0 radical (unpaired) electrons. The molecule has 0 bridgehead atoms. The monoisotopic (exact) mass is 210 g/mol. The minimum absolute atomic E-state index is 0.124. The third kappa shape index (κ3) is 4.12. The molecule has 0 fully saturated rings. The number of nitrogens with zero attached hydrogens (tertiary/aromatic N) is 2. The summed E-state index contributed by atoms with van der Waals surface area (Å²) in [6.45, 7) is 5.53. The Balaban J connectivity index is 2.25. The van der Waals surface area contributed by atoms with Crippen LogP contribution in [-0.2, 0) is 7.05 Å². The van der Waals surface area contributed by atoms with E-state index in [4.69, 9.17) is 0 Å². The number of carbonyl (C=O) groups excluding carboxylic acids is 1. The Morgan fingerprint density at radius 2 is 2.27 bits per heavy atom. The summed E-state index contributed by atoms with van der Waals surface area (Å²) < 4.78 is 1.61. The Bertz CT molecular complexity index is 319. The van der Waals surface area contributed by atoms with Crippen molar-refractivity contribution in [1.29, 1.82) is 0 Å². The molecule has 0 aliphatic heterocycles. The second-order valence-corrected chi connectivity index (χ2v) is 3.74. The zero-order valence-electron chi connectivity index (χ0n) is 9.45. The molecular formula is C10H18N4O. The van der Waals surface area contributed by atoms with Crippen molar-refractivity contribution < 1.29 is 4.79 Å². The number of hydrogen-bond acceptors (Lipinski definition) is 3. The highest BCUT2D eigenvalue weighted by atomic mass is 16.1. The van der Waals surface area contributed by atoms with Crippen LogP contribution in [0.1, 0.15) is 24.3 Å². The van der Waals surface area contributed by atoms with Crippen LogP contribution >= 0.6 is 0 Å². The number of aryl methyl sites for hydroxylation is 1. The molecule has 1 heterocycles. The van der Waals surface area contributed by atoms with E-state index in [0.717, 1.165) is 6.54 Å². The molecule has 0 atom stereocenters. The van der Waals surface area contributed by atoms with Gasteiger partial charge in [-0.25, -0.2) is 0 Å². The van der Waals surface area contributed by atoms with Gasteiger partial charge in [-0.05, 0) is 6.07 Å². The minimum atomic E-state index is -0.124. The first-order valence-corrected chi connectivity index (χ1v) is 5.11. The molecule has 84 valence electrons. The number of aromatic nitrogens is 2. The molecule has 0 spiro atoms. The van der Waals surface area contributed by atoms with E-state index in [0.29, 0.717) is 18.3 Å². The maximum atomic E-state index is 11.5. The minimum Gasteiger partial charge on any atom is -0.349 e. The number of carbonyl (C=O) groups is 1. The molecule has 0 aliphatic rings. The highest BCUT2D eigenvalue weighted by molar-refractivity contribution is 5.92. The summed E-state index contributed by atoms with van der Waals surface area (Å²) in [7, 11) is 1.79. The van der Waals surface area contributed by atoms with Gasteiger partial charge in [0, 0.05) is 32.4 Å². The first-order valence-electron chi connectivity index (χ1n) is 5.11. The van der Waals surface area contributed by atoms with Crippen molar-refractivity contribution in [2.75, 3.05) is 13.1 Å². The SMILES string of the molecule is CC(C)NCCNC(=O)c1ccn(C)n1. The maximum Gasteiger partial charge on any atom is 0.271 e. The lowest BCUT2D eigenvalue weighted by atomic mass is 10.4. The molecule has 15 heavy (non-hydrogen) atoms. The van der Waals surface area contributed by atoms with Crippen LogP contribution in [0.2, 0.25) is 0 Å². The molecule has 0 saturated heterocycles. The predicted octanol–water partition coefficient (Wildman–Crippen LogP) is 0.148. The highest BCUT2D eigenvalue weighted by Crippen LogP contribution is 1.92. The number of nitrogens with one attached hydrogen (secondary N) is 2. The van der Waals surface area contributed by atoms with Crippen LogP contribution in [0.25, 0.3) is 0 Å². The largest absolute Gasteiger partial charge is 0.349 e. The third-order valence-electron chi connectivity index (χ3n) is 1.91. The average Bonchev–Trinajstić information content (AvgIpc) is 2.59. The van der Waals surface area contributed by atoms with E-state index >= 15 is 0 Å². The van der Waals surface area contributed by atoms with E-state index in [1.165, 1.54) is 0 Å². The van der Waals surface area contributed by atoms with Gasteiger partial charge in [-0.2, -0.15) is 5.10 Å². The maximum absolute atomic E-state index is 11.5. The molecule has 5 heteroatoms.